The van der Waals surface area contributed by atoms with Gasteiger partial charge in [0, 0.05) is 66.5 Å². The van der Waals surface area contributed by atoms with Crippen molar-refractivity contribution in [1.82, 2.24) is 29.0 Å². The summed E-state index contributed by atoms with van der Waals surface area (Å²) in [5, 5.41) is 6.51. The molecule has 4 heterocycles. The molecule has 0 N–H and O–H groups in total. The lowest BCUT2D eigenvalue weighted by atomic mass is 10.1. The molecule has 1 amide bonds. The first kappa shape index (κ1) is 23.2. The monoisotopic (exact) mass is 526 g/mol. The number of nitrogens with zero attached hydrogens (tertiary/aromatic N) is 6. The molecule has 6 aromatic rings. The van der Waals surface area contributed by atoms with Crippen LogP contribution in [0.25, 0.3) is 44.6 Å². The van der Waals surface area contributed by atoms with Gasteiger partial charge < -0.3 is 9.30 Å². The van der Waals surface area contributed by atoms with Crippen molar-refractivity contribution < 1.29 is 4.79 Å². The summed E-state index contributed by atoms with van der Waals surface area (Å²) in [5.74, 6) is -0.0415. The number of imidazole rings is 1. The fraction of sp³-hybridized carbons (Fsp3) is 0.0714. The van der Waals surface area contributed by atoms with E-state index in [0.717, 1.165) is 33.4 Å². The fourth-order valence-corrected chi connectivity index (χ4v) is 4.88. The van der Waals surface area contributed by atoms with E-state index in [-0.39, 0.29) is 5.91 Å². The first-order chi connectivity index (χ1) is 17.9. The third kappa shape index (κ3) is 4.12. The minimum atomic E-state index is -0.0415. The van der Waals surface area contributed by atoms with Gasteiger partial charge in [0.2, 0.25) is 0 Å². The molecule has 0 saturated heterocycles. The first-order valence-corrected chi connectivity index (χ1v) is 12.2. The van der Waals surface area contributed by atoms with Gasteiger partial charge in [0.25, 0.3) is 5.91 Å². The molecule has 4 aromatic heterocycles. The maximum atomic E-state index is 12.2. The van der Waals surface area contributed by atoms with Crippen molar-refractivity contribution in [2.24, 2.45) is 0 Å². The van der Waals surface area contributed by atoms with Gasteiger partial charge >= 0.3 is 0 Å². The highest BCUT2D eigenvalue weighted by atomic mass is 35.5. The van der Waals surface area contributed by atoms with Crippen molar-refractivity contribution in [2.45, 2.75) is 0 Å². The maximum absolute atomic E-state index is 12.2. The van der Waals surface area contributed by atoms with Crippen LogP contribution in [0.15, 0.2) is 85.6 Å². The SMILES string of the molecule is CN(C)C(=O)c1ccc(-n2cc(-c3cnc4ccn5cc(-c6c(Cl)cccc6Cl)nc5c4c3)cn2)cc1. The zero-order valence-electron chi connectivity index (χ0n) is 19.9. The third-order valence-corrected chi connectivity index (χ3v) is 6.83. The number of halogens is 2. The molecular formula is C28H20Cl2N6O. The zero-order valence-corrected chi connectivity index (χ0v) is 21.4. The van der Waals surface area contributed by atoms with Crippen LogP contribution in [-0.2, 0) is 0 Å². The van der Waals surface area contributed by atoms with Crippen LogP contribution in [0.4, 0.5) is 0 Å². The van der Waals surface area contributed by atoms with Crippen LogP contribution in [0.1, 0.15) is 10.4 Å². The maximum Gasteiger partial charge on any atom is 0.253 e. The van der Waals surface area contributed by atoms with Crippen molar-refractivity contribution in [1.29, 1.82) is 0 Å². The van der Waals surface area contributed by atoms with Crippen molar-refractivity contribution in [2.75, 3.05) is 14.1 Å². The van der Waals surface area contributed by atoms with E-state index in [0.29, 0.717) is 26.9 Å². The van der Waals surface area contributed by atoms with E-state index >= 15 is 0 Å². The second kappa shape index (κ2) is 9.03. The summed E-state index contributed by atoms with van der Waals surface area (Å²) in [6.45, 7) is 0. The van der Waals surface area contributed by atoms with E-state index in [1.165, 1.54) is 0 Å². The summed E-state index contributed by atoms with van der Waals surface area (Å²) in [6.07, 6.45) is 9.40. The van der Waals surface area contributed by atoms with Gasteiger partial charge in [-0.05, 0) is 48.5 Å². The molecule has 0 atom stereocenters. The Hall–Kier alpha value is -4.20. The van der Waals surface area contributed by atoms with Gasteiger partial charge in [-0.2, -0.15) is 5.10 Å². The van der Waals surface area contributed by atoms with Gasteiger partial charge in [0.15, 0.2) is 0 Å². The number of benzene rings is 2. The smallest absolute Gasteiger partial charge is 0.253 e. The van der Waals surface area contributed by atoms with Crippen LogP contribution in [-0.4, -0.2) is 49.1 Å². The summed E-state index contributed by atoms with van der Waals surface area (Å²) < 4.78 is 3.72. The van der Waals surface area contributed by atoms with E-state index < -0.39 is 0 Å². The number of hydrogen-bond acceptors (Lipinski definition) is 4. The van der Waals surface area contributed by atoms with Crippen LogP contribution < -0.4 is 0 Å². The average molecular weight is 527 g/mol. The lowest BCUT2D eigenvalue weighted by molar-refractivity contribution is 0.0827. The molecule has 37 heavy (non-hydrogen) atoms. The Bertz CT molecular complexity index is 1780. The van der Waals surface area contributed by atoms with Crippen LogP contribution >= 0.6 is 23.2 Å². The zero-order chi connectivity index (χ0) is 25.7. The van der Waals surface area contributed by atoms with Gasteiger partial charge in [0.1, 0.15) is 5.65 Å². The van der Waals surface area contributed by atoms with Crippen LogP contribution in [0.2, 0.25) is 10.0 Å². The van der Waals surface area contributed by atoms with Crippen molar-refractivity contribution >= 4 is 45.7 Å². The molecule has 0 saturated carbocycles. The molecule has 0 aliphatic carbocycles. The number of hydrogen-bond donors (Lipinski definition) is 0. The summed E-state index contributed by atoms with van der Waals surface area (Å²) in [5.41, 5.74) is 6.27. The molecule has 0 aliphatic rings. The molecule has 7 nitrogen and oxygen atoms in total. The lowest BCUT2D eigenvalue weighted by Gasteiger charge is -2.10. The highest BCUT2D eigenvalue weighted by Crippen LogP contribution is 2.35. The molecule has 9 heteroatoms. The topological polar surface area (TPSA) is 68.3 Å². The molecule has 0 aliphatic heterocycles. The molecule has 0 bridgehead atoms. The molecule has 0 fully saturated rings. The summed E-state index contributed by atoms with van der Waals surface area (Å²) in [4.78, 5) is 23.3. The molecule has 0 unspecified atom stereocenters. The van der Waals surface area contributed by atoms with Crippen molar-refractivity contribution in [3.05, 3.63) is 101 Å². The predicted molar refractivity (Wildman–Crippen MR) is 147 cm³/mol. The predicted octanol–water partition coefficient (Wildman–Crippen LogP) is 6.41. The van der Waals surface area contributed by atoms with Gasteiger partial charge in [0.05, 0.1) is 33.1 Å². The molecule has 6 rings (SSSR count). The summed E-state index contributed by atoms with van der Waals surface area (Å²) in [7, 11) is 3.47. The van der Waals surface area contributed by atoms with Crippen LogP contribution in [0.5, 0.6) is 0 Å². The van der Waals surface area contributed by atoms with E-state index in [1.54, 1.807) is 54.1 Å². The number of carbonyl (C=O) groups excluding carboxylic acids is 1. The van der Waals surface area contributed by atoms with Crippen molar-refractivity contribution in [3.8, 4) is 28.1 Å². The molecule has 0 radical (unpaired) electrons. The standard InChI is InChI=1S/C28H20Cl2N6O/c1-34(2)28(37)17-6-8-20(9-7-17)36-15-19(14-32-36)18-12-21-24(31-13-18)10-11-35-16-25(33-27(21)35)26-22(29)4-3-5-23(26)30/h3-16H,1-2H3. The number of fused-ring (bicyclic) bond motifs is 3. The lowest BCUT2D eigenvalue weighted by Crippen LogP contribution is -2.21. The average Bonchev–Trinajstić information content (AvgIpc) is 3.56. The third-order valence-electron chi connectivity index (χ3n) is 6.20. The number of amides is 1. The van der Waals surface area contributed by atoms with Crippen molar-refractivity contribution in [3.63, 3.8) is 0 Å². The molecular weight excluding hydrogens is 507 g/mol. The molecule has 182 valence electrons. The Morgan fingerprint density at radius 2 is 1.68 bits per heavy atom. The van der Waals surface area contributed by atoms with Gasteiger partial charge in [-0.25, -0.2) is 9.67 Å². The van der Waals surface area contributed by atoms with Gasteiger partial charge in [-0.15, -0.1) is 0 Å². The fourth-order valence-electron chi connectivity index (χ4n) is 4.29. The van der Waals surface area contributed by atoms with E-state index in [1.807, 2.05) is 53.5 Å². The number of rotatable bonds is 4. The summed E-state index contributed by atoms with van der Waals surface area (Å²) >= 11 is 12.9. The number of aromatic nitrogens is 5. The number of pyridine rings is 2. The highest BCUT2D eigenvalue weighted by Gasteiger charge is 2.15. The van der Waals surface area contributed by atoms with Gasteiger partial charge in [-0.1, -0.05) is 29.3 Å². The Labute approximate surface area is 222 Å². The number of carbonyl (C=O) groups is 1. The minimum absolute atomic E-state index is 0.0415. The Balaban J connectivity index is 1.38. The first-order valence-electron chi connectivity index (χ1n) is 11.5. The van der Waals surface area contributed by atoms with Crippen LogP contribution in [0, 0.1) is 0 Å². The van der Waals surface area contributed by atoms with E-state index in [4.69, 9.17) is 28.2 Å². The Kier molecular flexibility index (Phi) is 5.67. The largest absolute Gasteiger partial charge is 0.345 e. The normalized spacial score (nSPS) is 11.4. The van der Waals surface area contributed by atoms with E-state index in [9.17, 15) is 4.79 Å². The summed E-state index contributed by atoms with van der Waals surface area (Å²) in [6, 6.07) is 16.8. The van der Waals surface area contributed by atoms with Crippen LogP contribution in [0.3, 0.4) is 0 Å². The van der Waals surface area contributed by atoms with Gasteiger partial charge in [-0.3, -0.25) is 9.78 Å². The Morgan fingerprint density at radius 1 is 0.919 bits per heavy atom. The molecule has 0 spiro atoms. The Morgan fingerprint density at radius 3 is 2.41 bits per heavy atom. The second-order valence-corrected chi connectivity index (χ2v) is 9.66. The minimum Gasteiger partial charge on any atom is -0.345 e. The second-order valence-electron chi connectivity index (χ2n) is 8.85. The highest BCUT2D eigenvalue weighted by molar-refractivity contribution is 6.39. The quantitative estimate of drug-likeness (QED) is 0.266. The molecule has 2 aromatic carbocycles. The van der Waals surface area contributed by atoms with E-state index in [2.05, 4.69) is 16.1 Å².